The van der Waals surface area contributed by atoms with Gasteiger partial charge in [0.1, 0.15) is 0 Å². The van der Waals surface area contributed by atoms with E-state index in [0.717, 1.165) is 44.9 Å². The predicted molar refractivity (Wildman–Crippen MR) is 93.3 cm³/mol. The molecule has 4 nitrogen and oxygen atoms in total. The van der Waals surface area contributed by atoms with Gasteiger partial charge in [-0.05, 0) is 61.2 Å². The normalized spacial score (nSPS) is 22.5. The van der Waals surface area contributed by atoms with Crippen molar-refractivity contribution in [3.05, 3.63) is 20.8 Å². The van der Waals surface area contributed by atoms with E-state index in [1.807, 2.05) is 0 Å². The summed E-state index contributed by atoms with van der Waals surface area (Å²) in [5.41, 5.74) is -0.0824. The number of halogens is 1. The van der Waals surface area contributed by atoms with Gasteiger partial charge in [-0.15, -0.1) is 11.3 Å². The Kier molecular flexibility index (Phi) is 6.51. The van der Waals surface area contributed by atoms with Gasteiger partial charge in [-0.3, -0.25) is 4.99 Å². The van der Waals surface area contributed by atoms with Crippen molar-refractivity contribution >= 4 is 33.2 Å². The lowest BCUT2D eigenvalue weighted by molar-refractivity contribution is 0.0283. The number of ether oxygens (including phenoxy) is 1. The molecule has 21 heavy (non-hydrogen) atoms. The van der Waals surface area contributed by atoms with Crippen LogP contribution in [0.15, 0.2) is 20.9 Å². The lowest BCUT2D eigenvalue weighted by Gasteiger charge is -2.21. The molecule has 0 aromatic carbocycles. The molecular formula is C15H24BrN3OS. The summed E-state index contributed by atoms with van der Waals surface area (Å²) in [4.78, 5) is 6.04. The van der Waals surface area contributed by atoms with E-state index in [0.29, 0.717) is 6.54 Å². The van der Waals surface area contributed by atoms with Crippen molar-refractivity contribution in [1.29, 1.82) is 0 Å². The van der Waals surface area contributed by atoms with Crippen LogP contribution >= 0.6 is 27.3 Å². The summed E-state index contributed by atoms with van der Waals surface area (Å²) in [6, 6.07) is 4.26. The SMILES string of the molecule is CCNC(=NCC1(C)CCCO1)NCCc1ccc(Br)s1. The third kappa shape index (κ3) is 5.60. The number of thiophene rings is 1. The minimum absolute atomic E-state index is 0.0824. The van der Waals surface area contributed by atoms with E-state index in [2.05, 4.69) is 57.5 Å². The van der Waals surface area contributed by atoms with Crippen molar-refractivity contribution in [1.82, 2.24) is 10.6 Å². The molecule has 0 bridgehead atoms. The average molecular weight is 374 g/mol. The Bertz CT molecular complexity index is 469. The molecule has 2 rings (SSSR count). The Balaban J connectivity index is 1.80. The van der Waals surface area contributed by atoms with Crippen LogP contribution in [0.3, 0.4) is 0 Å². The number of rotatable bonds is 6. The molecule has 1 unspecified atom stereocenters. The first kappa shape index (κ1) is 16.8. The highest BCUT2D eigenvalue weighted by Crippen LogP contribution is 2.25. The number of nitrogens with zero attached hydrogens (tertiary/aromatic N) is 1. The zero-order valence-corrected chi connectivity index (χ0v) is 15.1. The van der Waals surface area contributed by atoms with Crippen molar-refractivity contribution in [3.8, 4) is 0 Å². The van der Waals surface area contributed by atoms with Gasteiger partial charge in [0.2, 0.25) is 0 Å². The maximum atomic E-state index is 5.78. The fraction of sp³-hybridized carbons (Fsp3) is 0.667. The molecule has 0 amide bonds. The second-order valence-electron chi connectivity index (χ2n) is 5.48. The van der Waals surface area contributed by atoms with Gasteiger partial charge < -0.3 is 15.4 Å². The van der Waals surface area contributed by atoms with E-state index in [-0.39, 0.29) is 5.60 Å². The van der Waals surface area contributed by atoms with Crippen LogP contribution in [-0.4, -0.2) is 37.8 Å². The quantitative estimate of drug-likeness (QED) is 0.594. The van der Waals surface area contributed by atoms with Crippen LogP contribution in [0.1, 0.15) is 31.6 Å². The van der Waals surface area contributed by atoms with Crippen molar-refractivity contribution in [2.45, 2.75) is 38.7 Å². The van der Waals surface area contributed by atoms with Gasteiger partial charge in [0.05, 0.1) is 15.9 Å². The number of guanidine groups is 1. The molecule has 0 radical (unpaired) electrons. The first-order chi connectivity index (χ1) is 10.1. The van der Waals surface area contributed by atoms with E-state index >= 15 is 0 Å². The van der Waals surface area contributed by atoms with Crippen LogP contribution in [0.5, 0.6) is 0 Å². The van der Waals surface area contributed by atoms with Gasteiger partial charge in [-0.2, -0.15) is 0 Å². The Morgan fingerprint density at radius 1 is 1.48 bits per heavy atom. The lowest BCUT2D eigenvalue weighted by atomic mass is 10.0. The summed E-state index contributed by atoms with van der Waals surface area (Å²) in [5.74, 6) is 0.879. The predicted octanol–water partition coefficient (Wildman–Crippen LogP) is 3.18. The van der Waals surface area contributed by atoms with Gasteiger partial charge in [0.15, 0.2) is 5.96 Å². The number of nitrogens with one attached hydrogen (secondary N) is 2. The maximum Gasteiger partial charge on any atom is 0.191 e. The van der Waals surface area contributed by atoms with Crippen molar-refractivity contribution in [2.24, 2.45) is 4.99 Å². The lowest BCUT2D eigenvalue weighted by Crippen LogP contribution is -2.40. The molecule has 1 saturated heterocycles. The minimum Gasteiger partial charge on any atom is -0.373 e. The maximum absolute atomic E-state index is 5.78. The summed E-state index contributed by atoms with van der Waals surface area (Å²) in [6.07, 6.45) is 3.25. The van der Waals surface area contributed by atoms with Crippen LogP contribution in [0.25, 0.3) is 0 Å². The Morgan fingerprint density at radius 2 is 2.33 bits per heavy atom. The summed E-state index contributed by atoms with van der Waals surface area (Å²) in [6.45, 7) is 7.57. The van der Waals surface area contributed by atoms with Gasteiger partial charge >= 0.3 is 0 Å². The second-order valence-corrected chi connectivity index (χ2v) is 8.03. The summed E-state index contributed by atoms with van der Waals surface area (Å²) in [5, 5.41) is 6.69. The fourth-order valence-corrected chi connectivity index (χ4v) is 3.82. The molecule has 1 aromatic heterocycles. The Morgan fingerprint density at radius 3 is 2.95 bits per heavy atom. The van der Waals surface area contributed by atoms with Crippen LogP contribution in [-0.2, 0) is 11.2 Å². The highest BCUT2D eigenvalue weighted by atomic mass is 79.9. The molecule has 1 aliphatic heterocycles. The summed E-state index contributed by atoms with van der Waals surface area (Å²) >= 11 is 5.28. The number of hydrogen-bond donors (Lipinski definition) is 2. The first-order valence-electron chi connectivity index (χ1n) is 7.52. The highest BCUT2D eigenvalue weighted by Gasteiger charge is 2.29. The molecule has 1 fully saturated rings. The van der Waals surface area contributed by atoms with Crippen LogP contribution in [0.2, 0.25) is 0 Å². The average Bonchev–Trinajstić information content (AvgIpc) is 3.06. The first-order valence-corrected chi connectivity index (χ1v) is 9.12. The van der Waals surface area contributed by atoms with E-state index in [4.69, 9.17) is 4.74 Å². The standard InChI is InChI=1S/C15H24BrN3OS/c1-3-17-14(19-11-15(2)8-4-10-20-15)18-9-7-12-5-6-13(16)21-12/h5-6H,3-4,7-11H2,1-2H3,(H2,17,18,19). The molecule has 1 aromatic rings. The monoisotopic (exact) mass is 373 g/mol. The van der Waals surface area contributed by atoms with Gasteiger partial charge in [0.25, 0.3) is 0 Å². The van der Waals surface area contributed by atoms with Crippen molar-refractivity contribution in [2.75, 3.05) is 26.2 Å². The van der Waals surface area contributed by atoms with Gasteiger partial charge in [-0.25, -0.2) is 0 Å². The molecule has 2 heterocycles. The number of aliphatic imine (C=N–C) groups is 1. The van der Waals surface area contributed by atoms with Crippen LogP contribution in [0.4, 0.5) is 0 Å². The van der Waals surface area contributed by atoms with Crippen molar-refractivity contribution < 1.29 is 4.74 Å². The zero-order chi connectivity index (χ0) is 15.1. The molecule has 1 aliphatic rings. The van der Waals surface area contributed by atoms with E-state index in [1.54, 1.807) is 11.3 Å². The molecule has 0 spiro atoms. The van der Waals surface area contributed by atoms with E-state index < -0.39 is 0 Å². The Hall–Kier alpha value is -0.590. The molecule has 0 saturated carbocycles. The minimum atomic E-state index is -0.0824. The van der Waals surface area contributed by atoms with Gasteiger partial charge in [0, 0.05) is 24.6 Å². The molecule has 2 N–H and O–H groups in total. The topological polar surface area (TPSA) is 45.7 Å². The van der Waals surface area contributed by atoms with E-state index in [1.165, 1.54) is 8.66 Å². The Labute approximate surface area is 139 Å². The smallest absolute Gasteiger partial charge is 0.191 e. The summed E-state index contributed by atoms with van der Waals surface area (Å²) in [7, 11) is 0. The molecule has 1 atom stereocenters. The fourth-order valence-electron chi connectivity index (χ4n) is 2.34. The summed E-state index contributed by atoms with van der Waals surface area (Å²) < 4.78 is 6.96. The van der Waals surface area contributed by atoms with Crippen molar-refractivity contribution in [3.63, 3.8) is 0 Å². The van der Waals surface area contributed by atoms with Gasteiger partial charge in [-0.1, -0.05) is 0 Å². The van der Waals surface area contributed by atoms with Crippen LogP contribution < -0.4 is 10.6 Å². The molecule has 0 aliphatic carbocycles. The molecular weight excluding hydrogens is 350 g/mol. The van der Waals surface area contributed by atoms with Crippen LogP contribution in [0, 0.1) is 0 Å². The largest absolute Gasteiger partial charge is 0.373 e. The third-order valence-corrected chi connectivity index (χ3v) is 5.19. The third-order valence-electron chi connectivity index (χ3n) is 3.51. The van der Waals surface area contributed by atoms with E-state index in [9.17, 15) is 0 Å². The molecule has 118 valence electrons. The highest BCUT2D eigenvalue weighted by molar-refractivity contribution is 9.11. The molecule has 6 heteroatoms. The number of hydrogen-bond acceptors (Lipinski definition) is 3. The second kappa shape index (κ2) is 8.15. The zero-order valence-electron chi connectivity index (χ0n) is 12.7.